The second-order valence-corrected chi connectivity index (χ2v) is 3.96. The molecule has 2 heterocycles. The highest BCUT2D eigenvalue weighted by molar-refractivity contribution is 5.99. The molecule has 0 aliphatic carbocycles. The van der Waals surface area contributed by atoms with Gasteiger partial charge in [0.1, 0.15) is 11.1 Å². The Morgan fingerprint density at radius 1 is 1.45 bits per heavy atom. The third-order valence-corrected chi connectivity index (χ3v) is 2.80. The first kappa shape index (κ1) is 11.8. The second-order valence-electron chi connectivity index (χ2n) is 3.96. The van der Waals surface area contributed by atoms with E-state index in [-0.39, 0.29) is 32.8 Å². The number of nitrogens with two attached hydrogens (primary N) is 1. The number of fused-ring (bicyclic) bond motifs is 3. The molecule has 0 aliphatic heterocycles. The molecule has 2 aromatic heterocycles. The Hall–Kier alpha value is -3.30. The summed E-state index contributed by atoms with van der Waals surface area (Å²) in [6.07, 6.45) is 1.19. The minimum absolute atomic E-state index is 0.00477. The van der Waals surface area contributed by atoms with Gasteiger partial charge in [0.2, 0.25) is 5.65 Å². The minimum Gasteiger partial charge on any atom is -0.594 e. The van der Waals surface area contributed by atoms with Gasteiger partial charge in [0.05, 0.1) is 17.2 Å². The van der Waals surface area contributed by atoms with Gasteiger partial charge in [-0.05, 0) is 10.9 Å². The maximum Gasteiger partial charge on any atom is 0.277 e. The average molecular weight is 274 g/mol. The van der Waals surface area contributed by atoms with Gasteiger partial charge in [0.25, 0.3) is 17.1 Å². The average Bonchev–Trinajstić information content (AvgIpc) is 2.82. The van der Waals surface area contributed by atoms with E-state index in [2.05, 4.69) is 10.2 Å². The standard InChI is InChI=1S/C10H6N6O4/c11-9(17)6-4-12-14-7-2-1-5(16(19)20)3-8(7)15(18)13-10(6)14/h1-4H,(H2,11,17). The molecule has 100 valence electrons. The highest BCUT2D eigenvalue weighted by Gasteiger charge is 2.21. The summed E-state index contributed by atoms with van der Waals surface area (Å²) in [6.45, 7) is 0. The fourth-order valence-electron chi connectivity index (χ4n) is 1.89. The predicted molar refractivity (Wildman–Crippen MR) is 64.6 cm³/mol. The smallest absolute Gasteiger partial charge is 0.277 e. The third kappa shape index (κ3) is 1.51. The largest absolute Gasteiger partial charge is 0.594 e. The minimum atomic E-state index is -0.770. The van der Waals surface area contributed by atoms with Gasteiger partial charge < -0.3 is 10.9 Å². The number of nitrogens with zero attached hydrogens (tertiary/aromatic N) is 5. The van der Waals surface area contributed by atoms with Crippen molar-refractivity contribution in [3.8, 4) is 0 Å². The van der Waals surface area contributed by atoms with E-state index < -0.39 is 10.8 Å². The predicted octanol–water partition coefficient (Wildman–Crippen LogP) is -0.477. The molecule has 0 bridgehead atoms. The van der Waals surface area contributed by atoms with Crippen LogP contribution < -0.4 is 10.6 Å². The van der Waals surface area contributed by atoms with Crippen molar-refractivity contribution >= 4 is 28.3 Å². The van der Waals surface area contributed by atoms with Crippen LogP contribution in [0.1, 0.15) is 10.4 Å². The molecule has 0 atom stereocenters. The molecule has 3 aromatic rings. The lowest BCUT2D eigenvalue weighted by atomic mass is 10.2. The number of aromatic nitrogens is 4. The Morgan fingerprint density at radius 3 is 2.85 bits per heavy atom. The summed E-state index contributed by atoms with van der Waals surface area (Å²) in [5.74, 6) is -0.770. The van der Waals surface area contributed by atoms with Crippen molar-refractivity contribution < 1.29 is 14.6 Å². The zero-order chi connectivity index (χ0) is 14.4. The van der Waals surface area contributed by atoms with Crippen LogP contribution in [0.4, 0.5) is 5.69 Å². The molecule has 10 heteroatoms. The molecule has 3 rings (SSSR count). The number of hydrogen-bond donors (Lipinski definition) is 1. The van der Waals surface area contributed by atoms with E-state index in [1.54, 1.807) is 0 Å². The molecule has 0 spiro atoms. The maximum atomic E-state index is 11.8. The fourth-order valence-corrected chi connectivity index (χ4v) is 1.89. The van der Waals surface area contributed by atoms with Crippen LogP contribution in [0.3, 0.4) is 0 Å². The Bertz CT molecular complexity index is 886. The van der Waals surface area contributed by atoms with Gasteiger partial charge >= 0.3 is 0 Å². The highest BCUT2D eigenvalue weighted by Crippen LogP contribution is 2.19. The number of nitro groups is 1. The number of hydrogen-bond acceptors (Lipinski definition) is 6. The summed E-state index contributed by atoms with van der Waals surface area (Å²) < 4.78 is 1.23. The quantitative estimate of drug-likeness (QED) is 0.289. The van der Waals surface area contributed by atoms with E-state index in [1.165, 1.54) is 22.8 Å². The van der Waals surface area contributed by atoms with Crippen LogP contribution in [0.15, 0.2) is 24.4 Å². The van der Waals surface area contributed by atoms with E-state index in [1.807, 2.05) is 0 Å². The number of carbonyl (C=O) groups is 1. The van der Waals surface area contributed by atoms with Gasteiger partial charge in [-0.3, -0.25) is 14.9 Å². The molecule has 0 aliphatic rings. The SMILES string of the molecule is NC(=O)c1cnn2c1n[n+]([O-])c1cc([N+](=O)[O-])ccc12. The number of non-ortho nitro benzene ring substituents is 1. The maximum absolute atomic E-state index is 11.8. The fraction of sp³-hybridized carbons (Fsp3) is 0. The van der Waals surface area contributed by atoms with E-state index >= 15 is 0 Å². The van der Waals surface area contributed by atoms with Crippen LogP contribution in [-0.4, -0.2) is 25.5 Å². The van der Waals surface area contributed by atoms with E-state index in [0.29, 0.717) is 0 Å². The Morgan fingerprint density at radius 2 is 2.20 bits per heavy atom. The van der Waals surface area contributed by atoms with Crippen LogP contribution in [0, 0.1) is 15.3 Å². The Kier molecular flexibility index (Phi) is 2.26. The van der Waals surface area contributed by atoms with Gasteiger partial charge in [-0.1, -0.05) is 0 Å². The van der Waals surface area contributed by atoms with Gasteiger partial charge in [-0.25, -0.2) is 4.52 Å². The van der Waals surface area contributed by atoms with Gasteiger partial charge in [0, 0.05) is 11.2 Å². The number of rotatable bonds is 2. The van der Waals surface area contributed by atoms with Crippen LogP contribution >= 0.6 is 0 Å². The molecular formula is C10H6N6O4. The van der Waals surface area contributed by atoms with Crippen LogP contribution in [-0.2, 0) is 0 Å². The van der Waals surface area contributed by atoms with E-state index in [4.69, 9.17) is 5.73 Å². The monoisotopic (exact) mass is 274 g/mol. The molecule has 1 amide bonds. The lowest BCUT2D eigenvalue weighted by Gasteiger charge is -2.01. The zero-order valence-electron chi connectivity index (χ0n) is 9.76. The summed E-state index contributed by atoms with van der Waals surface area (Å²) in [7, 11) is 0. The van der Waals surface area contributed by atoms with Crippen molar-refractivity contribution in [3.05, 3.63) is 45.3 Å². The van der Waals surface area contributed by atoms with Gasteiger partial charge in [0.15, 0.2) is 0 Å². The topological polar surface area (TPSA) is 143 Å². The molecule has 0 saturated heterocycles. The van der Waals surface area contributed by atoms with Crippen LogP contribution in [0.5, 0.6) is 0 Å². The second kappa shape index (κ2) is 3.85. The zero-order valence-corrected chi connectivity index (χ0v) is 9.76. The first-order chi connectivity index (χ1) is 9.49. The number of benzene rings is 1. The number of amides is 1. The summed E-state index contributed by atoms with van der Waals surface area (Å²) in [5.41, 5.74) is 5.14. The molecule has 0 unspecified atom stereocenters. The summed E-state index contributed by atoms with van der Waals surface area (Å²) in [5, 5.41) is 30.1. The summed E-state index contributed by atoms with van der Waals surface area (Å²) in [6, 6.07) is 3.67. The molecule has 0 fully saturated rings. The van der Waals surface area contributed by atoms with Crippen molar-refractivity contribution in [1.29, 1.82) is 0 Å². The number of nitro benzene ring substituents is 1. The summed E-state index contributed by atoms with van der Waals surface area (Å²) >= 11 is 0. The first-order valence-electron chi connectivity index (χ1n) is 5.34. The van der Waals surface area contributed by atoms with Gasteiger partial charge in [-0.2, -0.15) is 5.10 Å². The highest BCUT2D eigenvalue weighted by atomic mass is 16.6. The Labute approximate surface area is 109 Å². The normalized spacial score (nSPS) is 11.0. The van der Waals surface area contributed by atoms with Gasteiger partial charge in [-0.15, -0.1) is 0 Å². The van der Waals surface area contributed by atoms with Crippen molar-refractivity contribution in [3.63, 3.8) is 0 Å². The first-order valence-corrected chi connectivity index (χ1v) is 5.34. The molecule has 0 saturated carbocycles. The van der Waals surface area contributed by atoms with E-state index in [9.17, 15) is 20.1 Å². The van der Waals surface area contributed by atoms with Crippen molar-refractivity contribution in [1.82, 2.24) is 14.7 Å². The molecule has 2 N–H and O–H groups in total. The number of primary amides is 1. The van der Waals surface area contributed by atoms with Crippen LogP contribution in [0.2, 0.25) is 0 Å². The van der Waals surface area contributed by atoms with Crippen molar-refractivity contribution in [2.75, 3.05) is 0 Å². The lowest BCUT2D eigenvalue weighted by molar-refractivity contribution is -0.640. The molecule has 20 heavy (non-hydrogen) atoms. The third-order valence-electron chi connectivity index (χ3n) is 2.80. The Balaban J connectivity index is 2.43. The molecular weight excluding hydrogens is 268 g/mol. The van der Waals surface area contributed by atoms with E-state index in [0.717, 1.165) is 6.07 Å². The lowest BCUT2D eigenvalue weighted by Crippen LogP contribution is -2.33. The molecule has 1 aromatic carbocycles. The number of carbonyl (C=O) groups excluding carboxylic acids is 1. The van der Waals surface area contributed by atoms with Crippen molar-refractivity contribution in [2.24, 2.45) is 5.73 Å². The van der Waals surface area contributed by atoms with Crippen LogP contribution in [0.25, 0.3) is 16.7 Å². The summed E-state index contributed by atoms with van der Waals surface area (Å²) in [4.78, 5) is 21.5. The molecule has 10 nitrogen and oxygen atoms in total. The van der Waals surface area contributed by atoms with Crippen molar-refractivity contribution in [2.45, 2.75) is 0 Å². The molecule has 0 radical (unpaired) electrons.